The lowest BCUT2D eigenvalue weighted by Crippen LogP contribution is -2.29. The molecule has 2 atom stereocenters. The van der Waals surface area contributed by atoms with Gasteiger partial charge in [-0.2, -0.15) is 0 Å². The number of hydrogen-bond acceptors (Lipinski definition) is 4. The first-order valence-corrected chi connectivity index (χ1v) is 13.7. The number of rotatable bonds is 7. The van der Waals surface area contributed by atoms with Gasteiger partial charge >= 0.3 is 0 Å². The number of pyridine rings is 1. The minimum absolute atomic E-state index is 0.194. The lowest BCUT2D eigenvalue weighted by molar-refractivity contribution is 0.413. The monoisotopic (exact) mass is 564 g/mol. The maximum absolute atomic E-state index is 14.2. The molecule has 0 saturated carbocycles. The average molecular weight is 565 g/mol. The molecule has 8 heteroatoms. The van der Waals surface area contributed by atoms with Crippen molar-refractivity contribution in [3.63, 3.8) is 0 Å². The molecule has 2 unspecified atom stereocenters. The third-order valence-electron chi connectivity index (χ3n) is 7.36. The zero-order valence-electron chi connectivity index (χ0n) is 22.9. The van der Waals surface area contributed by atoms with Crippen LogP contribution in [0.15, 0.2) is 103 Å². The van der Waals surface area contributed by atoms with Gasteiger partial charge in [-0.25, -0.2) is 4.39 Å². The Kier molecular flexibility index (Phi) is 7.15. The maximum atomic E-state index is 14.2. The SMILES string of the molecule is COc1ccc(Oc2ccc(N3C(=S)NC(c4ccccn4)C3c3cc(C)n(-c4cccc(F)c4)c3C)cc2)cc1. The fourth-order valence-corrected chi connectivity index (χ4v) is 5.85. The van der Waals surface area contributed by atoms with Crippen molar-refractivity contribution in [1.82, 2.24) is 14.9 Å². The summed E-state index contributed by atoms with van der Waals surface area (Å²) in [5.41, 5.74) is 5.67. The number of nitrogens with zero attached hydrogens (tertiary/aromatic N) is 3. The highest BCUT2D eigenvalue weighted by atomic mass is 32.1. The number of hydrogen-bond donors (Lipinski definition) is 1. The quantitative estimate of drug-likeness (QED) is 0.205. The number of aryl methyl sites for hydroxylation is 1. The van der Waals surface area contributed by atoms with Gasteiger partial charge in [0.15, 0.2) is 5.11 Å². The van der Waals surface area contributed by atoms with Crippen molar-refractivity contribution in [3.8, 4) is 22.9 Å². The summed E-state index contributed by atoms with van der Waals surface area (Å²) in [6.45, 7) is 4.10. The van der Waals surface area contributed by atoms with Crippen molar-refractivity contribution in [2.24, 2.45) is 0 Å². The van der Waals surface area contributed by atoms with E-state index in [0.29, 0.717) is 10.9 Å². The summed E-state index contributed by atoms with van der Waals surface area (Å²) in [4.78, 5) is 6.80. The smallest absolute Gasteiger partial charge is 0.174 e. The molecule has 1 N–H and O–H groups in total. The molecular formula is C33H29FN4O2S. The molecule has 0 aliphatic carbocycles. The minimum Gasteiger partial charge on any atom is -0.497 e. The Labute approximate surface area is 244 Å². The van der Waals surface area contributed by atoms with Crippen LogP contribution in [0.5, 0.6) is 17.2 Å². The predicted octanol–water partition coefficient (Wildman–Crippen LogP) is 7.61. The Morgan fingerprint density at radius 3 is 2.20 bits per heavy atom. The zero-order chi connectivity index (χ0) is 28.5. The van der Waals surface area contributed by atoms with Crippen LogP contribution in [0.1, 0.15) is 34.7 Å². The number of benzene rings is 3. The normalized spacial score (nSPS) is 16.5. The number of aromatic nitrogens is 2. The summed E-state index contributed by atoms with van der Waals surface area (Å²) in [7, 11) is 1.64. The summed E-state index contributed by atoms with van der Waals surface area (Å²) < 4.78 is 27.5. The largest absolute Gasteiger partial charge is 0.497 e. The van der Waals surface area contributed by atoms with E-state index < -0.39 is 0 Å². The van der Waals surface area contributed by atoms with Crippen LogP contribution in [0.4, 0.5) is 10.1 Å². The number of ether oxygens (including phenoxy) is 2. The maximum Gasteiger partial charge on any atom is 0.174 e. The van der Waals surface area contributed by atoms with Gasteiger partial charge in [0.25, 0.3) is 0 Å². The van der Waals surface area contributed by atoms with Gasteiger partial charge in [-0.1, -0.05) is 12.1 Å². The van der Waals surface area contributed by atoms with Gasteiger partial charge in [-0.05, 0) is 117 Å². The first-order valence-electron chi connectivity index (χ1n) is 13.3. The first kappa shape index (κ1) is 26.5. The fourth-order valence-electron chi connectivity index (χ4n) is 5.50. The molecule has 1 aliphatic rings. The summed E-state index contributed by atoms with van der Waals surface area (Å²) in [6, 6.07) is 29.7. The Balaban J connectivity index is 1.39. The summed E-state index contributed by atoms with van der Waals surface area (Å²) in [5, 5.41) is 4.12. The molecule has 3 heterocycles. The van der Waals surface area contributed by atoms with E-state index in [9.17, 15) is 4.39 Å². The number of anilines is 1. The van der Waals surface area contributed by atoms with E-state index in [1.54, 1.807) is 25.4 Å². The molecule has 2 aromatic heterocycles. The number of methoxy groups -OCH3 is 1. The van der Waals surface area contributed by atoms with E-state index in [2.05, 4.69) is 32.8 Å². The highest BCUT2D eigenvalue weighted by Gasteiger charge is 2.42. The lowest BCUT2D eigenvalue weighted by Gasteiger charge is -2.28. The van der Waals surface area contributed by atoms with Crippen molar-refractivity contribution in [3.05, 3.63) is 132 Å². The van der Waals surface area contributed by atoms with Gasteiger partial charge in [-0.3, -0.25) is 4.98 Å². The van der Waals surface area contributed by atoms with Gasteiger partial charge in [0, 0.05) is 29.0 Å². The zero-order valence-corrected chi connectivity index (χ0v) is 23.7. The van der Waals surface area contributed by atoms with Crippen molar-refractivity contribution in [2.45, 2.75) is 25.9 Å². The molecule has 41 heavy (non-hydrogen) atoms. The van der Waals surface area contributed by atoms with Crippen LogP contribution >= 0.6 is 12.2 Å². The van der Waals surface area contributed by atoms with E-state index in [1.807, 2.05) is 79.7 Å². The molecule has 3 aromatic carbocycles. The highest BCUT2D eigenvalue weighted by Crippen LogP contribution is 2.44. The van der Waals surface area contributed by atoms with E-state index in [0.717, 1.165) is 45.5 Å². The minimum atomic E-state index is -0.273. The fraction of sp³-hybridized carbons (Fsp3) is 0.152. The molecule has 6 nitrogen and oxygen atoms in total. The highest BCUT2D eigenvalue weighted by molar-refractivity contribution is 7.80. The topological polar surface area (TPSA) is 51.6 Å². The van der Waals surface area contributed by atoms with Crippen molar-refractivity contribution >= 4 is 23.0 Å². The van der Waals surface area contributed by atoms with Crippen LogP contribution in [0, 0.1) is 19.7 Å². The predicted molar refractivity (Wildman–Crippen MR) is 163 cm³/mol. The lowest BCUT2D eigenvalue weighted by atomic mass is 9.96. The second-order valence-corrected chi connectivity index (χ2v) is 10.3. The van der Waals surface area contributed by atoms with E-state index in [-0.39, 0.29) is 17.9 Å². The van der Waals surface area contributed by atoms with Crippen molar-refractivity contribution in [1.29, 1.82) is 0 Å². The molecule has 5 aromatic rings. The van der Waals surface area contributed by atoms with Gasteiger partial charge in [-0.15, -0.1) is 0 Å². The number of halogens is 1. The third-order valence-corrected chi connectivity index (χ3v) is 7.68. The first-order chi connectivity index (χ1) is 19.9. The van der Waals surface area contributed by atoms with Crippen molar-refractivity contribution in [2.75, 3.05) is 12.0 Å². The molecule has 0 bridgehead atoms. The Morgan fingerprint density at radius 1 is 0.829 bits per heavy atom. The molecule has 0 radical (unpaired) electrons. The van der Waals surface area contributed by atoms with Crippen LogP contribution in [-0.2, 0) is 0 Å². The molecule has 6 rings (SSSR count). The Hall–Kier alpha value is -4.69. The molecular weight excluding hydrogens is 535 g/mol. The van der Waals surface area contributed by atoms with Gasteiger partial charge in [0.1, 0.15) is 23.1 Å². The second kappa shape index (κ2) is 11.1. The van der Waals surface area contributed by atoms with Crippen LogP contribution < -0.4 is 19.7 Å². The molecule has 0 spiro atoms. The molecule has 1 saturated heterocycles. The van der Waals surface area contributed by atoms with E-state index in [4.69, 9.17) is 21.7 Å². The summed E-state index contributed by atoms with van der Waals surface area (Å²) >= 11 is 5.92. The van der Waals surface area contributed by atoms with Crippen LogP contribution in [0.2, 0.25) is 0 Å². The average Bonchev–Trinajstić information content (AvgIpc) is 3.49. The Bertz CT molecular complexity index is 1690. The standard InChI is InChI=1S/C33H29FN4O2S/c1-21-19-29(22(2)37(21)25-8-6-7-23(34)20-25)32-31(30-9-4-5-18-35-30)36-33(41)38(32)24-10-12-27(13-11-24)40-28-16-14-26(39-3)15-17-28/h4-20,31-32H,1-3H3,(H,36,41). The van der Waals surface area contributed by atoms with E-state index >= 15 is 0 Å². The second-order valence-electron chi connectivity index (χ2n) is 9.91. The van der Waals surface area contributed by atoms with Gasteiger partial charge in [0.05, 0.1) is 24.9 Å². The molecule has 1 fully saturated rings. The summed E-state index contributed by atoms with van der Waals surface area (Å²) in [6.07, 6.45) is 1.79. The Morgan fingerprint density at radius 2 is 1.54 bits per heavy atom. The van der Waals surface area contributed by atoms with E-state index in [1.165, 1.54) is 6.07 Å². The molecule has 1 aliphatic heterocycles. The van der Waals surface area contributed by atoms with Crippen molar-refractivity contribution < 1.29 is 13.9 Å². The van der Waals surface area contributed by atoms with Crippen LogP contribution in [0.3, 0.4) is 0 Å². The summed E-state index contributed by atoms with van der Waals surface area (Å²) in [5.74, 6) is 1.92. The third kappa shape index (κ3) is 5.14. The molecule has 206 valence electrons. The number of nitrogens with one attached hydrogen (secondary N) is 1. The number of thiocarbonyl (C=S) groups is 1. The molecule has 0 amide bonds. The van der Waals surface area contributed by atoms with Gasteiger partial charge in [0.2, 0.25) is 0 Å². The van der Waals surface area contributed by atoms with Gasteiger partial charge < -0.3 is 24.3 Å². The van der Waals surface area contributed by atoms with Crippen LogP contribution in [0.25, 0.3) is 5.69 Å². The van der Waals surface area contributed by atoms with Crippen LogP contribution in [-0.4, -0.2) is 21.8 Å².